The van der Waals surface area contributed by atoms with Crippen molar-refractivity contribution in [2.24, 2.45) is 5.92 Å². The first-order chi connectivity index (χ1) is 13.0. The van der Waals surface area contributed by atoms with Gasteiger partial charge in [-0.05, 0) is 24.5 Å². The maximum absolute atomic E-state index is 14.7. The summed E-state index contributed by atoms with van der Waals surface area (Å²) in [6.45, 7) is -0.494. The van der Waals surface area contributed by atoms with Crippen LogP contribution < -0.4 is 4.90 Å². The summed E-state index contributed by atoms with van der Waals surface area (Å²) in [6.07, 6.45) is 0.523. The number of nitriles is 1. The molecule has 6 heteroatoms. The highest BCUT2D eigenvalue weighted by molar-refractivity contribution is 6.00. The highest BCUT2D eigenvalue weighted by Gasteiger charge is 2.47. The van der Waals surface area contributed by atoms with E-state index in [1.807, 2.05) is 6.07 Å². The van der Waals surface area contributed by atoms with E-state index >= 15 is 0 Å². The lowest BCUT2D eigenvalue weighted by atomic mass is 9.84. The van der Waals surface area contributed by atoms with Crippen molar-refractivity contribution in [3.63, 3.8) is 0 Å². The molecule has 0 N–H and O–H groups in total. The number of anilines is 1. The summed E-state index contributed by atoms with van der Waals surface area (Å²) in [5.74, 6) is -6.31. The van der Waals surface area contributed by atoms with Gasteiger partial charge in [-0.25, -0.2) is 13.2 Å². The van der Waals surface area contributed by atoms with Gasteiger partial charge in [0.1, 0.15) is 18.3 Å². The molecule has 0 bridgehead atoms. The van der Waals surface area contributed by atoms with Crippen molar-refractivity contribution < 1.29 is 18.0 Å². The number of carbonyl (C=O) groups excluding carboxylic acids is 1. The van der Waals surface area contributed by atoms with E-state index in [0.717, 1.165) is 4.90 Å². The lowest BCUT2D eigenvalue weighted by Gasteiger charge is -2.34. The van der Waals surface area contributed by atoms with Crippen LogP contribution in [0.1, 0.15) is 25.7 Å². The third kappa shape index (κ3) is 3.82. The average molecular weight is 372 g/mol. The molecule has 0 saturated heterocycles. The fraction of sp³-hybridized carbons (Fsp3) is 0.333. The zero-order chi connectivity index (χ0) is 19.4. The summed E-state index contributed by atoms with van der Waals surface area (Å²) in [7, 11) is 0. The van der Waals surface area contributed by atoms with Crippen LogP contribution in [-0.2, 0) is 4.79 Å². The van der Waals surface area contributed by atoms with Crippen LogP contribution in [-0.4, -0.2) is 18.4 Å². The molecule has 1 atom stereocenters. The van der Waals surface area contributed by atoms with Crippen LogP contribution in [0.2, 0.25) is 0 Å². The van der Waals surface area contributed by atoms with Gasteiger partial charge in [-0.3, -0.25) is 9.69 Å². The van der Waals surface area contributed by atoms with Crippen molar-refractivity contribution in [3.05, 3.63) is 54.3 Å². The number of amides is 1. The van der Waals surface area contributed by atoms with Gasteiger partial charge >= 0.3 is 0 Å². The first-order valence-electron chi connectivity index (χ1n) is 8.86. The van der Waals surface area contributed by atoms with E-state index in [1.165, 1.54) is 12.1 Å². The minimum Gasteiger partial charge on any atom is -0.295 e. The molecular formula is C21H19F3N2O. The number of hydrogen-bond donors (Lipinski definition) is 0. The second kappa shape index (κ2) is 7.83. The number of nitrogens with zero attached hydrogens (tertiary/aromatic N) is 2. The highest BCUT2D eigenvalue weighted by atomic mass is 19.3. The van der Waals surface area contributed by atoms with E-state index in [1.54, 1.807) is 36.4 Å². The lowest BCUT2D eigenvalue weighted by Crippen LogP contribution is -2.46. The number of hydrogen-bond acceptors (Lipinski definition) is 2. The van der Waals surface area contributed by atoms with Gasteiger partial charge in [0, 0.05) is 12.0 Å². The number of rotatable bonds is 4. The Morgan fingerprint density at radius 1 is 1.15 bits per heavy atom. The van der Waals surface area contributed by atoms with Gasteiger partial charge in [-0.15, -0.1) is 0 Å². The molecular weight excluding hydrogens is 353 g/mol. The molecule has 1 amide bonds. The van der Waals surface area contributed by atoms with Crippen LogP contribution in [0.3, 0.4) is 0 Å². The van der Waals surface area contributed by atoms with Gasteiger partial charge < -0.3 is 0 Å². The van der Waals surface area contributed by atoms with E-state index in [-0.39, 0.29) is 18.5 Å². The molecule has 0 aliphatic heterocycles. The summed E-state index contributed by atoms with van der Waals surface area (Å²) in [5, 5.41) is 9.17. The first-order valence-corrected chi connectivity index (χ1v) is 8.86. The molecule has 1 unspecified atom stereocenters. The Morgan fingerprint density at radius 2 is 1.89 bits per heavy atom. The topological polar surface area (TPSA) is 44.1 Å². The van der Waals surface area contributed by atoms with Crippen LogP contribution >= 0.6 is 0 Å². The van der Waals surface area contributed by atoms with Crippen LogP contribution in [0.5, 0.6) is 0 Å². The minimum absolute atomic E-state index is 0.0306. The molecule has 1 saturated carbocycles. The molecule has 140 valence electrons. The third-order valence-corrected chi connectivity index (χ3v) is 4.90. The molecule has 1 fully saturated rings. The lowest BCUT2D eigenvalue weighted by molar-refractivity contribution is -0.142. The Kier molecular flexibility index (Phi) is 5.50. The maximum Gasteiger partial charge on any atom is 0.259 e. The van der Waals surface area contributed by atoms with Crippen molar-refractivity contribution in [2.45, 2.75) is 31.6 Å². The molecule has 1 aliphatic rings. The quantitative estimate of drug-likeness (QED) is 0.695. The molecule has 0 radical (unpaired) electrons. The zero-order valence-corrected chi connectivity index (χ0v) is 14.7. The average Bonchev–Trinajstić information content (AvgIpc) is 2.66. The number of halogens is 3. The number of benzene rings is 2. The summed E-state index contributed by atoms with van der Waals surface area (Å²) in [5.41, 5.74) is 0.896. The monoisotopic (exact) mass is 372 g/mol. The largest absolute Gasteiger partial charge is 0.295 e. The Labute approximate surface area is 156 Å². The Bertz CT molecular complexity index is 861. The molecule has 0 heterocycles. The number of alkyl halides is 2. The number of para-hydroxylation sites is 1. The van der Waals surface area contributed by atoms with Gasteiger partial charge in [-0.1, -0.05) is 48.9 Å². The van der Waals surface area contributed by atoms with Crippen molar-refractivity contribution in [1.82, 2.24) is 0 Å². The van der Waals surface area contributed by atoms with Crippen molar-refractivity contribution >= 4 is 11.6 Å². The van der Waals surface area contributed by atoms with E-state index in [0.29, 0.717) is 24.0 Å². The van der Waals surface area contributed by atoms with E-state index in [2.05, 4.69) is 0 Å². The Hall–Kier alpha value is -2.81. The van der Waals surface area contributed by atoms with Crippen LogP contribution in [0.4, 0.5) is 18.9 Å². The van der Waals surface area contributed by atoms with Gasteiger partial charge in [-0.2, -0.15) is 5.26 Å². The summed E-state index contributed by atoms with van der Waals surface area (Å²) >= 11 is 0. The van der Waals surface area contributed by atoms with E-state index < -0.39 is 30.1 Å². The van der Waals surface area contributed by atoms with Gasteiger partial charge in [0.2, 0.25) is 5.91 Å². The summed E-state index contributed by atoms with van der Waals surface area (Å²) < 4.78 is 43.4. The van der Waals surface area contributed by atoms with Gasteiger partial charge in [0.25, 0.3) is 5.92 Å². The van der Waals surface area contributed by atoms with E-state index in [9.17, 15) is 23.2 Å². The van der Waals surface area contributed by atoms with Crippen LogP contribution in [0.25, 0.3) is 11.1 Å². The fourth-order valence-corrected chi connectivity index (χ4v) is 3.56. The van der Waals surface area contributed by atoms with Gasteiger partial charge in [0.15, 0.2) is 0 Å². The minimum atomic E-state index is -3.15. The molecule has 0 aromatic heterocycles. The normalized spacial score (nSPS) is 18.5. The molecule has 1 aliphatic carbocycles. The number of carbonyl (C=O) groups is 1. The molecule has 2 aromatic carbocycles. The summed E-state index contributed by atoms with van der Waals surface area (Å²) in [4.78, 5) is 13.8. The maximum atomic E-state index is 14.7. The molecule has 0 spiro atoms. The van der Waals surface area contributed by atoms with Gasteiger partial charge in [0.05, 0.1) is 11.8 Å². The van der Waals surface area contributed by atoms with Crippen molar-refractivity contribution in [3.8, 4) is 17.2 Å². The second-order valence-corrected chi connectivity index (χ2v) is 6.64. The first kappa shape index (κ1) is 19.0. The Balaban J connectivity index is 2.08. The van der Waals surface area contributed by atoms with Crippen molar-refractivity contribution in [1.29, 1.82) is 5.26 Å². The van der Waals surface area contributed by atoms with E-state index in [4.69, 9.17) is 0 Å². The molecule has 2 aromatic rings. The molecule has 27 heavy (non-hydrogen) atoms. The van der Waals surface area contributed by atoms with Crippen LogP contribution in [0.15, 0.2) is 48.5 Å². The summed E-state index contributed by atoms with van der Waals surface area (Å²) in [6, 6.07) is 14.9. The highest BCUT2D eigenvalue weighted by Crippen LogP contribution is 2.41. The fourth-order valence-electron chi connectivity index (χ4n) is 3.56. The standard InChI is InChI=1S/C21H19F3N2O/c22-18-11-6-9-16(15-7-2-1-3-8-15)19(18)26(14-13-25)20(27)17-10-4-5-12-21(17,23)24/h1-3,6-9,11,17H,4-5,10,12,14H2. The second-order valence-electron chi connectivity index (χ2n) is 6.64. The smallest absolute Gasteiger partial charge is 0.259 e. The predicted molar refractivity (Wildman–Crippen MR) is 96.7 cm³/mol. The SMILES string of the molecule is N#CCN(C(=O)C1CCCCC1(F)F)c1c(F)cccc1-c1ccccc1. The molecule has 3 nitrogen and oxygen atoms in total. The van der Waals surface area contributed by atoms with Crippen molar-refractivity contribution in [2.75, 3.05) is 11.4 Å². The Morgan fingerprint density at radius 3 is 2.56 bits per heavy atom. The zero-order valence-electron chi connectivity index (χ0n) is 14.7. The predicted octanol–water partition coefficient (Wildman–Crippen LogP) is 5.17. The molecule has 3 rings (SSSR count). The van der Waals surface area contributed by atoms with Crippen LogP contribution in [0, 0.1) is 23.1 Å². The third-order valence-electron chi connectivity index (χ3n) is 4.90.